The number of allylic oxidation sites excluding steroid dienone is 4. The molecule has 2 aliphatic rings. The number of carboxylic acid groups (broad SMARTS) is 2. The van der Waals surface area contributed by atoms with Crippen LogP contribution in [0.3, 0.4) is 0 Å². The van der Waals surface area contributed by atoms with Crippen LogP contribution < -0.4 is 10.2 Å². The molecular weight excluding hydrogens is 626 g/mol. The minimum atomic E-state index is -1.18. The molecule has 2 atom stereocenters. The molecule has 0 aliphatic carbocycles. The van der Waals surface area contributed by atoms with Gasteiger partial charge in [0, 0.05) is 45.1 Å². The molecule has 0 aromatic carbocycles. The van der Waals surface area contributed by atoms with Crippen LogP contribution in [-0.2, 0) is 29.1 Å². The van der Waals surface area contributed by atoms with Gasteiger partial charge in [0.25, 0.3) is 0 Å². The molecular formula is C34H36N4O6Zn. The van der Waals surface area contributed by atoms with Crippen LogP contribution in [0.5, 0.6) is 0 Å². The maximum atomic E-state index is 11.4. The predicted molar refractivity (Wildman–Crippen MR) is 165 cm³/mol. The fourth-order valence-electron chi connectivity index (χ4n) is 6.31. The number of aliphatic carboxylic acids is 2. The van der Waals surface area contributed by atoms with Crippen LogP contribution in [0.4, 0.5) is 0 Å². The fraction of sp³-hybridized carbons (Fsp3) is 0.353. The number of hydrogen-bond donors (Lipinski definition) is 4. The first-order valence-electron chi connectivity index (χ1n) is 14.7. The molecule has 4 N–H and O–H groups in total. The van der Waals surface area contributed by atoms with E-state index in [4.69, 9.17) is 9.97 Å². The van der Waals surface area contributed by atoms with Crippen molar-refractivity contribution in [3.05, 3.63) is 69.3 Å². The van der Waals surface area contributed by atoms with E-state index in [-0.39, 0.29) is 45.2 Å². The Kier molecular flexibility index (Phi) is 9.97. The minimum Gasteiger partial charge on any atom is -0.550 e. The Balaban J connectivity index is 0.00000461. The Morgan fingerprint density at radius 3 is 1.44 bits per heavy atom. The minimum absolute atomic E-state index is 0. The molecule has 0 fully saturated rings. The molecule has 8 bridgehead atoms. The second-order valence-corrected chi connectivity index (χ2v) is 11.6. The largest absolute Gasteiger partial charge is 2.00 e. The molecule has 0 spiro atoms. The third-order valence-corrected chi connectivity index (χ3v) is 8.63. The average Bonchev–Trinajstić information content (AvgIpc) is 3.59. The van der Waals surface area contributed by atoms with Gasteiger partial charge in [0.05, 0.1) is 35.0 Å². The second kappa shape index (κ2) is 13.2. The molecule has 3 aromatic heterocycles. The van der Waals surface area contributed by atoms with Crippen LogP contribution >= 0.6 is 0 Å². The number of hydrogen-bond acceptors (Lipinski definition) is 8. The summed E-state index contributed by atoms with van der Waals surface area (Å²) >= 11 is 0. The maximum Gasteiger partial charge on any atom is 2.00 e. The van der Waals surface area contributed by atoms with Crippen molar-refractivity contribution < 1.29 is 49.5 Å². The van der Waals surface area contributed by atoms with Crippen LogP contribution in [0.1, 0.15) is 111 Å². The van der Waals surface area contributed by atoms with Crippen molar-refractivity contribution in [3.63, 3.8) is 0 Å². The molecule has 230 valence electrons. The van der Waals surface area contributed by atoms with Crippen LogP contribution in [0.2, 0.25) is 0 Å². The van der Waals surface area contributed by atoms with E-state index in [2.05, 4.69) is 9.97 Å². The van der Waals surface area contributed by atoms with Crippen molar-refractivity contribution in [3.8, 4) is 0 Å². The molecule has 0 amide bonds. The zero-order valence-corrected chi connectivity index (χ0v) is 29.4. The third-order valence-electron chi connectivity index (χ3n) is 8.63. The van der Waals surface area contributed by atoms with Crippen LogP contribution in [0.25, 0.3) is 44.4 Å². The molecule has 0 saturated carbocycles. The first-order valence-corrected chi connectivity index (χ1v) is 14.7. The number of aryl methyl sites for hydroxylation is 2. The van der Waals surface area contributed by atoms with Gasteiger partial charge < -0.3 is 40.0 Å². The van der Waals surface area contributed by atoms with Crippen molar-refractivity contribution in [2.75, 3.05) is 0 Å². The van der Waals surface area contributed by atoms with E-state index in [9.17, 15) is 30.0 Å². The van der Waals surface area contributed by atoms with Crippen molar-refractivity contribution in [2.24, 2.45) is 0 Å². The molecule has 10 nitrogen and oxygen atoms in total. The molecule has 5 heterocycles. The Morgan fingerprint density at radius 2 is 1.04 bits per heavy atom. The molecule has 2 aliphatic heterocycles. The molecule has 11 heteroatoms. The standard InChI is InChI=1S/C34H38N4O6.Zn/c1-15-21(7-9-31(41)42)27-14-28-22(8-10-32(43)44)16(2)24(36-28)12-29-34(20(6)40)18(4)26(38-29)13-30-33(19(5)39)17(3)25(37-30)11-23(15)35-27;/h11-14,19-20,37-40H,7-10H2,1-6H3,(H,41,42)(H,43,44);/q;+2/p-2. The van der Waals surface area contributed by atoms with Gasteiger partial charge in [-0.15, -0.1) is 0 Å². The van der Waals surface area contributed by atoms with Crippen molar-refractivity contribution >= 4 is 56.3 Å². The first kappa shape index (κ1) is 34.0. The van der Waals surface area contributed by atoms with E-state index in [0.29, 0.717) is 39.4 Å². The summed E-state index contributed by atoms with van der Waals surface area (Å²) < 4.78 is 0. The van der Waals surface area contributed by atoms with E-state index in [1.807, 2.05) is 45.9 Å². The molecule has 3 aromatic rings. The number of carbonyl (C=O) groups excluding carboxylic acids is 2. The first-order chi connectivity index (χ1) is 20.8. The summed E-state index contributed by atoms with van der Waals surface area (Å²) in [6, 6.07) is 7.41. The number of nitrogens with zero attached hydrogens (tertiary/aromatic N) is 2. The summed E-state index contributed by atoms with van der Waals surface area (Å²) in [5.41, 5.74) is 11.3. The van der Waals surface area contributed by atoms with Gasteiger partial charge in [0.2, 0.25) is 0 Å². The molecule has 45 heavy (non-hydrogen) atoms. The normalized spacial score (nSPS) is 14.4. The van der Waals surface area contributed by atoms with Gasteiger partial charge in [-0.1, -0.05) is 0 Å². The fourth-order valence-corrected chi connectivity index (χ4v) is 6.31. The summed E-state index contributed by atoms with van der Waals surface area (Å²) in [6.45, 7) is 11.0. The summed E-state index contributed by atoms with van der Waals surface area (Å²) in [5.74, 6) is -2.35. The van der Waals surface area contributed by atoms with Gasteiger partial charge in [-0.2, -0.15) is 0 Å². The number of aromatic amines is 2. The van der Waals surface area contributed by atoms with E-state index in [1.165, 1.54) is 0 Å². The quantitative estimate of drug-likeness (QED) is 0.262. The van der Waals surface area contributed by atoms with Crippen molar-refractivity contribution in [1.82, 2.24) is 19.9 Å². The number of carbonyl (C=O) groups is 2. The van der Waals surface area contributed by atoms with E-state index >= 15 is 0 Å². The Morgan fingerprint density at radius 1 is 0.667 bits per heavy atom. The van der Waals surface area contributed by atoms with E-state index in [1.54, 1.807) is 19.9 Å². The average molecular weight is 662 g/mol. The maximum absolute atomic E-state index is 11.4. The SMILES string of the molecule is CC1=C(CCC(=O)[O-])c2cc3nc(cc4[nH]c(cc5[nH]c(cc1n2)c(C)c5C(C)O)c(C)c4C(C)O)C(C)=C3CCC(=O)[O-].[Zn+2]. The molecule has 0 radical (unpaired) electrons. The molecule has 5 rings (SSSR count). The van der Waals surface area contributed by atoms with Crippen LogP contribution in [-0.4, -0.2) is 42.1 Å². The Bertz CT molecular complexity index is 1930. The third kappa shape index (κ3) is 6.57. The number of H-pyrrole nitrogens is 2. The summed E-state index contributed by atoms with van der Waals surface area (Å²) in [6.07, 6.45) is -1.59. The van der Waals surface area contributed by atoms with E-state index in [0.717, 1.165) is 50.0 Å². The smallest absolute Gasteiger partial charge is 0.550 e. The van der Waals surface area contributed by atoms with Gasteiger partial charge in [-0.25, -0.2) is 9.97 Å². The topological polar surface area (TPSA) is 178 Å². The Hall–Kier alpha value is -3.92. The summed E-state index contributed by atoms with van der Waals surface area (Å²) in [5, 5.41) is 44.4. The van der Waals surface area contributed by atoms with E-state index < -0.39 is 24.1 Å². The predicted octanol–water partition coefficient (Wildman–Crippen LogP) is 3.96. The second-order valence-electron chi connectivity index (χ2n) is 11.6. The van der Waals surface area contributed by atoms with Crippen molar-refractivity contribution in [2.45, 2.75) is 79.4 Å². The van der Waals surface area contributed by atoms with Gasteiger partial charge in [-0.05, 0) is 125 Å². The van der Waals surface area contributed by atoms with Gasteiger partial charge >= 0.3 is 19.5 Å². The molecule has 2 unspecified atom stereocenters. The van der Waals surface area contributed by atoms with Crippen LogP contribution in [0, 0.1) is 13.8 Å². The number of rotatable bonds is 8. The monoisotopic (exact) mass is 660 g/mol. The van der Waals surface area contributed by atoms with Crippen molar-refractivity contribution in [1.29, 1.82) is 0 Å². The van der Waals surface area contributed by atoms with Gasteiger partial charge in [-0.3, -0.25) is 0 Å². The zero-order chi connectivity index (χ0) is 32.0. The number of aromatic nitrogens is 4. The number of aliphatic hydroxyl groups excluding tert-OH is 2. The summed E-state index contributed by atoms with van der Waals surface area (Å²) in [4.78, 5) is 39.5. The summed E-state index contributed by atoms with van der Waals surface area (Å²) in [7, 11) is 0. The van der Waals surface area contributed by atoms with Gasteiger partial charge in [0.1, 0.15) is 0 Å². The Labute approximate surface area is 273 Å². The number of fused-ring (bicyclic) bond motifs is 8. The van der Waals surface area contributed by atoms with Crippen LogP contribution in [0.15, 0.2) is 24.3 Å². The molecule has 0 saturated heterocycles. The number of nitrogens with one attached hydrogen (secondary N) is 2. The zero-order valence-electron chi connectivity index (χ0n) is 26.4. The number of carboxylic acids is 2. The van der Waals surface area contributed by atoms with Gasteiger partial charge in [0.15, 0.2) is 0 Å². The number of aliphatic hydroxyl groups is 2.